The van der Waals surface area contributed by atoms with Gasteiger partial charge in [0.2, 0.25) is 5.76 Å². The summed E-state index contributed by atoms with van der Waals surface area (Å²) < 4.78 is 47.8. The second-order valence-corrected chi connectivity index (χ2v) is 4.70. The highest BCUT2D eigenvalue weighted by atomic mass is 19.4. The molecule has 0 spiro atoms. The van der Waals surface area contributed by atoms with Gasteiger partial charge in [-0.25, -0.2) is 0 Å². The molecule has 2 aromatic heterocycles. The quantitative estimate of drug-likeness (QED) is 0.867. The number of ether oxygens (including phenoxy) is 1. The van der Waals surface area contributed by atoms with Crippen LogP contribution in [0.15, 0.2) is 35.1 Å². The molecule has 0 N–H and O–H groups in total. The van der Waals surface area contributed by atoms with Gasteiger partial charge in [-0.3, -0.25) is 9.78 Å². The van der Waals surface area contributed by atoms with Crippen molar-refractivity contribution in [1.29, 1.82) is 0 Å². The first-order valence-electron chi connectivity index (χ1n) is 6.33. The van der Waals surface area contributed by atoms with E-state index in [1.807, 2.05) is 0 Å². The lowest BCUT2D eigenvalue weighted by atomic mass is 10.1. The first kappa shape index (κ1) is 14.4. The van der Waals surface area contributed by atoms with E-state index in [-0.39, 0.29) is 36.6 Å². The van der Waals surface area contributed by atoms with Crippen molar-refractivity contribution in [2.24, 2.45) is 0 Å². The highest BCUT2D eigenvalue weighted by Crippen LogP contribution is 2.30. The molecule has 1 saturated heterocycles. The van der Waals surface area contributed by atoms with Crippen molar-refractivity contribution in [3.63, 3.8) is 0 Å². The summed E-state index contributed by atoms with van der Waals surface area (Å²) in [5.74, 6) is -0.149. The summed E-state index contributed by atoms with van der Waals surface area (Å²) in [6.07, 6.45) is -2.49. The molecule has 1 aliphatic heterocycles. The zero-order valence-electron chi connectivity index (χ0n) is 11.1. The molecule has 116 valence electrons. The summed E-state index contributed by atoms with van der Waals surface area (Å²) >= 11 is 0. The van der Waals surface area contributed by atoms with E-state index in [4.69, 9.17) is 9.26 Å². The minimum Gasteiger partial charge on any atom is -0.487 e. The largest absolute Gasteiger partial charge is 0.487 e. The van der Waals surface area contributed by atoms with Crippen LogP contribution in [0.4, 0.5) is 13.2 Å². The van der Waals surface area contributed by atoms with E-state index in [1.165, 1.54) is 23.2 Å². The highest BCUT2D eigenvalue weighted by molar-refractivity contribution is 5.91. The molecule has 1 fully saturated rings. The van der Waals surface area contributed by atoms with Gasteiger partial charge in [-0.05, 0) is 6.07 Å². The van der Waals surface area contributed by atoms with E-state index in [0.29, 0.717) is 0 Å². The van der Waals surface area contributed by atoms with Crippen LogP contribution in [0.1, 0.15) is 16.2 Å². The van der Waals surface area contributed by atoms with Crippen LogP contribution < -0.4 is 4.74 Å². The number of carbonyl (C=O) groups excluding carboxylic acids is 1. The van der Waals surface area contributed by atoms with Gasteiger partial charge in [-0.2, -0.15) is 13.2 Å². The molecular weight excluding hydrogens is 303 g/mol. The zero-order valence-corrected chi connectivity index (χ0v) is 11.1. The standard InChI is InChI=1S/C13H10F3N3O3/c14-13(15,16)11-5-8(1-3-17-11)21-9-6-19(7-9)12(20)10-2-4-18-22-10/h1-5,9H,6-7H2. The molecule has 0 radical (unpaired) electrons. The van der Waals surface area contributed by atoms with Gasteiger partial charge in [-0.15, -0.1) is 0 Å². The summed E-state index contributed by atoms with van der Waals surface area (Å²) in [7, 11) is 0. The monoisotopic (exact) mass is 313 g/mol. The predicted octanol–water partition coefficient (Wildman–Crippen LogP) is 1.99. The maximum absolute atomic E-state index is 12.5. The van der Waals surface area contributed by atoms with Crippen molar-refractivity contribution in [3.8, 4) is 5.75 Å². The number of amides is 1. The Morgan fingerprint density at radius 2 is 2.09 bits per heavy atom. The molecule has 1 amide bonds. The maximum Gasteiger partial charge on any atom is 0.433 e. The van der Waals surface area contributed by atoms with Gasteiger partial charge in [0.1, 0.15) is 17.5 Å². The van der Waals surface area contributed by atoms with Crippen LogP contribution in [-0.2, 0) is 6.18 Å². The molecule has 0 unspecified atom stereocenters. The second-order valence-electron chi connectivity index (χ2n) is 4.70. The average Bonchev–Trinajstić information content (AvgIpc) is 2.95. The smallest absolute Gasteiger partial charge is 0.433 e. The third-order valence-electron chi connectivity index (χ3n) is 3.11. The van der Waals surface area contributed by atoms with Crippen molar-refractivity contribution >= 4 is 5.91 Å². The van der Waals surface area contributed by atoms with E-state index in [0.717, 1.165) is 12.3 Å². The fourth-order valence-electron chi connectivity index (χ4n) is 1.99. The van der Waals surface area contributed by atoms with Gasteiger partial charge in [-0.1, -0.05) is 5.16 Å². The van der Waals surface area contributed by atoms with Crippen LogP contribution in [0.5, 0.6) is 5.75 Å². The molecule has 2 aromatic rings. The summed E-state index contributed by atoms with van der Waals surface area (Å²) in [6, 6.07) is 3.62. The first-order chi connectivity index (χ1) is 10.4. The highest BCUT2D eigenvalue weighted by Gasteiger charge is 2.36. The maximum atomic E-state index is 12.5. The summed E-state index contributed by atoms with van der Waals surface area (Å²) in [5, 5.41) is 3.44. The minimum absolute atomic E-state index is 0.0686. The van der Waals surface area contributed by atoms with Gasteiger partial charge >= 0.3 is 6.18 Å². The Kier molecular flexibility index (Phi) is 3.47. The van der Waals surface area contributed by atoms with Crippen molar-refractivity contribution in [2.45, 2.75) is 12.3 Å². The Labute approximate surface area is 122 Å². The molecule has 0 atom stereocenters. The van der Waals surface area contributed by atoms with E-state index < -0.39 is 11.9 Å². The SMILES string of the molecule is O=C(c1ccno1)N1CC(Oc2ccnc(C(F)(F)F)c2)C1. The Bertz CT molecular complexity index is 667. The number of alkyl halides is 3. The Balaban J connectivity index is 1.57. The fraction of sp³-hybridized carbons (Fsp3) is 0.308. The number of rotatable bonds is 3. The predicted molar refractivity (Wildman–Crippen MR) is 66.1 cm³/mol. The normalized spacial score (nSPS) is 15.5. The van der Waals surface area contributed by atoms with E-state index >= 15 is 0 Å². The Morgan fingerprint density at radius 1 is 1.32 bits per heavy atom. The van der Waals surface area contributed by atoms with Gasteiger partial charge in [0, 0.05) is 18.3 Å². The lowest BCUT2D eigenvalue weighted by molar-refractivity contribution is -0.141. The second kappa shape index (κ2) is 5.32. The molecule has 0 bridgehead atoms. The molecule has 3 rings (SSSR count). The zero-order chi connectivity index (χ0) is 15.7. The van der Waals surface area contributed by atoms with Crippen LogP contribution in [0, 0.1) is 0 Å². The number of hydrogen-bond acceptors (Lipinski definition) is 5. The Morgan fingerprint density at radius 3 is 2.73 bits per heavy atom. The lowest BCUT2D eigenvalue weighted by Gasteiger charge is -2.38. The van der Waals surface area contributed by atoms with Crippen LogP contribution in [0.3, 0.4) is 0 Å². The molecule has 9 heteroatoms. The fourth-order valence-corrected chi connectivity index (χ4v) is 1.99. The van der Waals surface area contributed by atoms with E-state index in [2.05, 4.69) is 10.1 Å². The van der Waals surface area contributed by atoms with Gasteiger partial charge in [0.15, 0.2) is 0 Å². The van der Waals surface area contributed by atoms with Crippen LogP contribution >= 0.6 is 0 Å². The lowest BCUT2D eigenvalue weighted by Crippen LogP contribution is -2.56. The third kappa shape index (κ3) is 2.87. The third-order valence-corrected chi connectivity index (χ3v) is 3.11. The van der Waals surface area contributed by atoms with E-state index in [9.17, 15) is 18.0 Å². The van der Waals surface area contributed by atoms with E-state index in [1.54, 1.807) is 0 Å². The van der Waals surface area contributed by atoms with Gasteiger partial charge in [0.25, 0.3) is 5.91 Å². The van der Waals surface area contributed by atoms with Gasteiger partial charge < -0.3 is 14.2 Å². The molecule has 0 saturated carbocycles. The van der Waals surface area contributed by atoms with Crippen LogP contribution in [0.25, 0.3) is 0 Å². The number of carbonyl (C=O) groups is 1. The summed E-state index contributed by atoms with van der Waals surface area (Å²) in [4.78, 5) is 16.6. The Hall–Kier alpha value is -2.58. The van der Waals surface area contributed by atoms with Crippen molar-refractivity contribution < 1.29 is 27.2 Å². The van der Waals surface area contributed by atoms with Crippen molar-refractivity contribution in [3.05, 3.63) is 42.0 Å². The number of hydrogen-bond donors (Lipinski definition) is 0. The van der Waals surface area contributed by atoms with Crippen LogP contribution in [0.2, 0.25) is 0 Å². The summed E-state index contributed by atoms with van der Waals surface area (Å²) in [6.45, 7) is 0.534. The number of likely N-dealkylation sites (tertiary alicyclic amines) is 1. The molecule has 0 aliphatic carbocycles. The van der Waals surface area contributed by atoms with Crippen molar-refractivity contribution in [2.75, 3.05) is 13.1 Å². The average molecular weight is 313 g/mol. The molecule has 6 nitrogen and oxygen atoms in total. The minimum atomic E-state index is -4.52. The number of nitrogens with zero attached hydrogens (tertiary/aromatic N) is 3. The molecule has 1 aliphatic rings. The molecule has 0 aromatic carbocycles. The van der Waals surface area contributed by atoms with Gasteiger partial charge in [0.05, 0.1) is 19.3 Å². The summed E-state index contributed by atoms with van der Waals surface area (Å²) in [5.41, 5.74) is -1.01. The topological polar surface area (TPSA) is 68.5 Å². The van der Waals surface area contributed by atoms with Crippen LogP contribution in [-0.4, -0.2) is 40.1 Å². The van der Waals surface area contributed by atoms with Crippen molar-refractivity contribution in [1.82, 2.24) is 15.0 Å². The molecule has 3 heterocycles. The first-order valence-corrected chi connectivity index (χ1v) is 6.33. The molecular formula is C13H10F3N3O3. The number of halogens is 3. The number of aromatic nitrogens is 2. The molecule has 22 heavy (non-hydrogen) atoms. The number of pyridine rings is 1.